The van der Waals surface area contributed by atoms with Crippen LogP contribution in [0, 0.1) is 6.92 Å². The Balaban J connectivity index is 2.76. The number of carbonyl (C=O) groups is 1. The van der Waals surface area contributed by atoms with E-state index in [1.165, 1.54) is 0 Å². The summed E-state index contributed by atoms with van der Waals surface area (Å²) in [6.45, 7) is 4.00. The van der Waals surface area contributed by atoms with Crippen molar-refractivity contribution >= 4 is 17.4 Å². The van der Waals surface area contributed by atoms with E-state index in [0.29, 0.717) is 6.42 Å². The predicted molar refractivity (Wildman–Crippen MR) is 60.0 cm³/mol. The number of Topliss-reactive ketones (excluding diaryl/α,β-unsaturated/α-hetero) is 1. The van der Waals surface area contributed by atoms with Crippen molar-refractivity contribution in [3.8, 4) is 0 Å². The van der Waals surface area contributed by atoms with Gasteiger partial charge < -0.3 is 0 Å². The van der Waals surface area contributed by atoms with Gasteiger partial charge in [-0.2, -0.15) is 0 Å². The first-order valence-electron chi connectivity index (χ1n) is 4.94. The molecule has 0 aromatic heterocycles. The second-order valence-electron chi connectivity index (χ2n) is 3.49. The van der Waals surface area contributed by atoms with E-state index in [0.717, 1.165) is 29.0 Å². The van der Waals surface area contributed by atoms with Crippen molar-refractivity contribution in [3.63, 3.8) is 0 Å². The summed E-state index contributed by atoms with van der Waals surface area (Å²) in [6, 6.07) is 5.45. The van der Waals surface area contributed by atoms with Crippen LogP contribution in [0.4, 0.5) is 0 Å². The van der Waals surface area contributed by atoms with Gasteiger partial charge in [0.15, 0.2) is 5.78 Å². The lowest BCUT2D eigenvalue weighted by atomic mass is 10.0. The lowest BCUT2D eigenvalue weighted by molar-refractivity contribution is 0.0979. The zero-order valence-corrected chi connectivity index (χ0v) is 9.40. The third kappa shape index (κ3) is 2.85. The van der Waals surface area contributed by atoms with E-state index >= 15 is 0 Å². The minimum absolute atomic E-state index is 0.214. The van der Waals surface area contributed by atoms with E-state index in [1.54, 1.807) is 12.1 Å². The Morgan fingerprint density at radius 1 is 1.43 bits per heavy atom. The number of ketones is 1. The second-order valence-corrected chi connectivity index (χ2v) is 3.90. The van der Waals surface area contributed by atoms with Crippen LogP contribution >= 0.6 is 11.6 Å². The highest BCUT2D eigenvalue weighted by Crippen LogP contribution is 2.17. The summed E-state index contributed by atoms with van der Waals surface area (Å²) < 4.78 is 0. The van der Waals surface area contributed by atoms with Gasteiger partial charge in [-0.25, -0.2) is 0 Å². The van der Waals surface area contributed by atoms with Crippen LogP contribution in [0.1, 0.15) is 42.1 Å². The van der Waals surface area contributed by atoms with E-state index in [2.05, 4.69) is 6.92 Å². The maximum absolute atomic E-state index is 11.6. The van der Waals surface area contributed by atoms with Crippen LogP contribution in [-0.2, 0) is 0 Å². The molecule has 1 rings (SSSR count). The van der Waals surface area contributed by atoms with Crippen molar-refractivity contribution in [2.24, 2.45) is 0 Å². The highest BCUT2D eigenvalue weighted by molar-refractivity contribution is 6.31. The summed E-state index contributed by atoms with van der Waals surface area (Å²) in [6.07, 6.45) is 2.65. The molecule has 0 N–H and O–H groups in total. The standard InChI is InChI=1S/C12H15ClO/c1-3-4-5-12(14)10-6-7-11(13)9(2)8-10/h6-8H,3-5H2,1-2H3. The first kappa shape index (κ1) is 11.3. The molecule has 1 aromatic carbocycles. The number of carbonyl (C=O) groups excluding carboxylic acids is 1. The van der Waals surface area contributed by atoms with Gasteiger partial charge in [0.25, 0.3) is 0 Å². The van der Waals surface area contributed by atoms with E-state index in [-0.39, 0.29) is 5.78 Å². The highest BCUT2D eigenvalue weighted by atomic mass is 35.5. The molecule has 76 valence electrons. The molecule has 0 heterocycles. The maximum Gasteiger partial charge on any atom is 0.162 e. The number of aryl methyl sites for hydroxylation is 1. The van der Waals surface area contributed by atoms with Crippen LogP contribution in [0.3, 0.4) is 0 Å². The number of hydrogen-bond donors (Lipinski definition) is 0. The molecule has 0 bridgehead atoms. The minimum Gasteiger partial charge on any atom is -0.294 e. The summed E-state index contributed by atoms with van der Waals surface area (Å²) in [5, 5.41) is 0.719. The average molecular weight is 211 g/mol. The van der Waals surface area contributed by atoms with Crippen molar-refractivity contribution < 1.29 is 4.79 Å². The normalized spacial score (nSPS) is 10.2. The van der Waals surface area contributed by atoms with E-state index < -0.39 is 0 Å². The summed E-state index contributed by atoms with van der Waals surface area (Å²) in [5.74, 6) is 0.214. The van der Waals surface area contributed by atoms with Crippen molar-refractivity contribution in [1.82, 2.24) is 0 Å². The molecule has 0 aliphatic carbocycles. The number of halogens is 1. The van der Waals surface area contributed by atoms with Crippen molar-refractivity contribution in [2.45, 2.75) is 33.1 Å². The molecule has 1 aromatic rings. The van der Waals surface area contributed by atoms with Gasteiger partial charge in [0.05, 0.1) is 0 Å². The van der Waals surface area contributed by atoms with Gasteiger partial charge in [-0.05, 0) is 37.1 Å². The Kier molecular flexibility index (Phi) is 4.15. The fraction of sp³-hybridized carbons (Fsp3) is 0.417. The molecular formula is C12H15ClO. The van der Waals surface area contributed by atoms with Gasteiger partial charge in [0.2, 0.25) is 0 Å². The molecule has 2 heteroatoms. The maximum atomic E-state index is 11.6. The zero-order valence-electron chi connectivity index (χ0n) is 8.64. The van der Waals surface area contributed by atoms with Gasteiger partial charge in [-0.15, -0.1) is 0 Å². The number of benzene rings is 1. The van der Waals surface area contributed by atoms with Crippen LogP contribution in [0.2, 0.25) is 5.02 Å². The van der Waals surface area contributed by atoms with Crippen LogP contribution < -0.4 is 0 Å². The molecule has 0 aliphatic heterocycles. The molecule has 0 radical (unpaired) electrons. The Hall–Kier alpha value is -0.820. The van der Waals surface area contributed by atoms with Gasteiger partial charge in [-0.1, -0.05) is 24.9 Å². The molecule has 0 saturated heterocycles. The third-order valence-electron chi connectivity index (χ3n) is 2.24. The Morgan fingerprint density at radius 2 is 2.14 bits per heavy atom. The lowest BCUT2D eigenvalue weighted by Crippen LogP contribution is -1.98. The lowest BCUT2D eigenvalue weighted by Gasteiger charge is -2.02. The second kappa shape index (κ2) is 5.16. The molecule has 0 unspecified atom stereocenters. The number of rotatable bonds is 4. The summed E-state index contributed by atoms with van der Waals surface area (Å²) in [4.78, 5) is 11.6. The fourth-order valence-electron chi connectivity index (χ4n) is 1.30. The number of hydrogen-bond acceptors (Lipinski definition) is 1. The topological polar surface area (TPSA) is 17.1 Å². The monoisotopic (exact) mass is 210 g/mol. The molecular weight excluding hydrogens is 196 g/mol. The van der Waals surface area contributed by atoms with Crippen molar-refractivity contribution in [1.29, 1.82) is 0 Å². The van der Waals surface area contributed by atoms with Crippen LogP contribution in [0.25, 0.3) is 0 Å². The third-order valence-corrected chi connectivity index (χ3v) is 2.66. The summed E-state index contributed by atoms with van der Waals surface area (Å²) in [7, 11) is 0. The SMILES string of the molecule is CCCCC(=O)c1ccc(Cl)c(C)c1. The van der Waals surface area contributed by atoms with Crippen LogP contribution in [0.15, 0.2) is 18.2 Å². The molecule has 0 amide bonds. The Morgan fingerprint density at radius 3 is 2.71 bits per heavy atom. The van der Waals surface area contributed by atoms with E-state index in [9.17, 15) is 4.79 Å². The molecule has 0 saturated carbocycles. The first-order valence-corrected chi connectivity index (χ1v) is 5.32. The summed E-state index contributed by atoms with van der Waals surface area (Å²) >= 11 is 5.88. The van der Waals surface area contributed by atoms with Gasteiger partial charge in [0, 0.05) is 17.0 Å². The number of unbranched alkanes of at least 4 members (excludes halogenated alkanes) is 1. The molecule has 1 nitrogen and oxygen atoms in total. The quantitative estimate of drug-likeness (QED) is 0.686. The molecule has 0 aliphatic rings. The van der Waals surface area contributed by atoms with Gasteiger partial charge >= 0.3 is 0 Å². The predicted octanol–water partition coefficient (Wildman–Crippen LogP) is 4.02. The Labute approximate surface area is 90.1 Å². The summed E-state index contributed by atoms with van der Waals surface area (Å²) in [5.41, 5.74) is 1.74. The van der Waals surface area contributed by atoms with Crippen LogP contribution in [-0.4, -0.2) is 5.78 Å². The molecule has 0 atom stereocenters. The highest BCUT2D eigenvalue weighted by Gasteiger charge is 2.06. The molecule has 0 spiro atoms. The zero-order chi connectivity index (χ0) is 10.6. The Bertz CT molecular complexity index is 331. The molecule has 14 heavy (non-hydrogen) atoms. The average Bonchev–Trinajstić information content (AvgIpc) is 2.18. The van der Waals surface area contributed by atoms with Crippen molar-refractivity contribution in [2.75, 3.05) is 0 Å². The van der Waals surface area contributed by atoms with Crippen molar-refractivity contribution in [3.05, 3.63) is 34.3 Å². The van der Waals surface area contributed by atoms with Gasteiger partial charge in [-0.3, -0.25) is 4.79 Å². The first-order chi connectivity index (χ1) is 6.65. The van der Waals surface area contributed by atoms with E-state index in [1.807, 2.05) is 13.0 Å². The fourth-order valence-corrected chi connectivity index (χ4v) is 1.42. The van der Waals surface area contributed by atoms with E-state index in [4.69, 9.17) is 11.6 Å². The minimum atomic E-state index is 0.214. The smallest absolute Gasteiger partial charge is 0.162 e. The van der Waals surface area contributed by atoms with Crippen LogP contribution in [0.5, 0.6) is 0 Å². The molecule has 0 fully saturated rings. The van der Waals surface area contributed by atoms with Gasteiger partial charge in [0.1, 0.15) is 0 Å². The largest absolute Gasteiger partial charge is 0.294 e.